The van der Waals surface area contributed by atoms with Crippen LogP contribution in [-0.2, 0) is 14.4 Å². The second-order valence-electron chi connectivity index (χ2n) is 5.28. The molecule has 0 bridgehead atoms. The molecule has 114 valence electrons. The predicted octanol–water partition coefficient (Wildman–Crippen LogP) is -0.399. The van der Waals surface area contributed by atoms with Gasteiger partial charge in [0.05, 0.1) is 5.41 Å². The van der Waals surface area contributed by atoms with E-state index in [0.717, 1.165) is 19.4 Å². The first-order chi connectivity index (χ1) is 9.41. The largest absolute Gasteiger partial charge is 0.480 e. The van der Waals surface area contributed by atoms with Crippen molar-refractivity contribution < 1.29 is 19.5 Å². The summed E-state index contributed by atoms with van der Waals surface area (Å²) in [5.41, 5.74) is 4.46. The smallest absolute Gasteiger partial charge is 0.326 e. The van der Waals surface area contributed by atoms with Gasteiger partial charge in [-0.05, 0) is 32.2 Å². The molecule has 5 N–H and O–H groups in total. The Morgan fingerprint density at radius 2 is 2.15 bits per heavy atom. The van der Waals surface area contributed by atoms with Gasteiger partial charge >= 0.3 is 5.97 Å². The van der Waals surface area contributed by atoms with Gasteiger partial charge in [0.2, 0.25) is 11.8 Å². The number of carbonyl (C=O) groups is 3. The van der Waals surface area contributed by atoms with Gasteiger partial charge in [-0.25, -0.2) is 4.79 Å². The van der Waals surface area contributed by atoms with E-state index in [9.17, 15) is 14.4 Å². The summed E-state index contributed by atoms with van der Waals surface area (Å²) in [4.78, 5) is 34.3. The van der Waals surface area contributed by atoms with Crippen LogP contribution in [-0.4, -0.2) is 42.0 Å². The van der Waals surface area contributed by atoms with Gasteiger partial charge in [-0.15, -0.1) is 0 Å². The lowest BCUT2D eigenvalue weighted by Gasteiger charge is -2.36. The molecule has 0 aromatic carbocycles. The molecule has 0 aromatic rings. The van der Waals surface area contributed by atoms with Crippen LogP contribution >= 0.6 is 0 Å². The quantitative estimate of drug-likeness (QED) is 0.507. The second-order valence-corrected chi connectivity index (χ2v) is 5.28. The highest BCUT2D eigenvalue weighted by Crippen LogP contribution is 2.30. The molecule has 2 atom stereocenters. The summed E-state index contributed by atoms with van der Waals surface area (Å²) in [5, 5.41) is 14.8. The Kier molecular flexibility index (Phi) is 5.94. The summed E-state index contributed by atoms with van der Waals surface area (Å²) in [6.45, 7) is 3.35. The van der Waals surface area contributed by atoms with Crippen LogP contribution in [0, 0.1) is 5.41 Å². The fourth-order valence-electron chi connectivity index (χ4n) is 2.48. The monoisotopic (exact) mass is 285 g/mol. The molecule has 0 aromatic heterocycles. The Morgan fingerprint density at radius 3 is 2.60 bits per heavy atom. The van der Waals surface area contributed by atoms with E-state index in [4.69, 9.17) is 10.8 Å². The highest BCUT2D eigenvalue weighted by atomic mass is 16.4. The van der Waals surface area contributed by atoms with E-state index in [1.54, 1.807) is 0 Å². The van der Waals surface area contributed by atoms with Crippen molar-refractivity contribution in [3.05, 3.63) is 0 Å². The summed E-state index contributed by atoms with van der Waals surface area (Å²) in [6.07, 6.45) is 2.23. The van der Waals surface area contributed by atoms with Crippen molar-refractivity contribution in [1.29, 1.82) is 0 Å². The molecule has 7 nitrogen and oxygen atoms in total. The van der Waals surface area contributed by atoms with Crippen LogP contribution in [0.2, 0.25) is 0 Å². The van der Waals surface area contributed by atoms with Crippen molar-refractivity contribution >= 4 is 17.8 Å². The molecule has 0 saturated carbocycles. The normalized spacial score (nSPS) is 23.9. The fourth-order valence-corrected chi connectivity index (χ4v) is 2.48. The van der Waals surface area contributed by atoms with Crippen LogP contribution < -0.4 is 16.4 Å². The summed E-state index contributed by atoms with van der Waals surface area (Å²) in [5.74, 6) is -1.98. The number of piperidine rings is 1. The number of rotatable bonds is 7. The van der Waals surface area contributed by atoms with E-state index in [1.165, 1.54) is 0 Å². The first kappa shape index (κ1) is 16.4. The van der Waals surface area contributed by atoms with E-state index in [1.807, 2.05) is 6.92 Å². The van der Waals surface area contributed by atoms with Gasteiger partial charge < -0.3 is 21.5 Å². The Bertz CT molecular complexity index is 378. The molecule has 1 aliphatic heterocycles. The molecule has 0 radical (unpaired) electrons. The maximum absolute atomic E-state index is 12.4. The minimum atomic E-state index is -1.14. The lowest BCUT2D eigenvalue weighted by Crippen LogP contribution is -2.54. The number of nitrogens with one attached hydrogen (secondary N) is 2. The molecule has 1 aliphatic rings. The third-order valence-electron chi connectivity index (χ3n) is 3.91. The number of hydrogen-bond acceptors (Lipinski definition) is 4. The van der Waals surface area contributed by atoms with Gasteiger partial charge in [0.15, 0.2) is 0 Å². The Labute approximate surface area is 118 Å². The summed E-state index contributed by atoms with van der Waals surface area (Å²) < 4.78 is 0. The van der Waals surface area contributed by atoms with Gasteiger partial charge in [-0.1, -0.05) is 6.92 Å². The summed E-state index contributed by atoms with van der Waals surface area (Å²) in [7, 11) is 0. The number of hydrogen-bond donors (Lipinski definition) is 4. The van der Waals surface area contributed by atoms with E-state index in [2.05, 4.69) is 10.6 Å². The predicted molar refractivity (Wildman–Crippen MR) is 72.8 cm³/mol. The molecule has 7 heteroatoms. The van der Waals surface area contributed by atoms with Crippen LogP contribution in [0.1, 0.15) is 39.0 Å². The van der Waals surface area contributed by atoms with Gasteiger partial charge in [0.1, 0.15) is 6.04 Å². The van der Waals surface area contributed by atoms with Crippen molar-refractivity contribution in [2.75, 3.05) is 13.1 Å². The molecule has 0 spiro atoms. The van der Waals surface area contributed by atoms with Gasteiger partial charge in [0.25, 0.3) is 0 Å². The molecule has 1 unspecified atom stereocenters. The van der Waals surface area contributed by atoms with Gasteiger partial charge in [-0.3, -0.25) is 9.59 Å². The zero-order valence-corrected chi connectivity index (χ0v) is 11.8. The van der Waals surface area contributed by atoms with Gasteiger partial charge in [0, 0.05) is 13.0 Å². The number of primary amides is 1. The fraction of sp³-hybridized carbons (Fsp3) is 0.769. The van der Waals surface area contributed by atoms with Crippen LogP contribution in [0.25, 0.3) is 0 Å². The average molecular weight is 285 g/mol. The van der Waals surface area contributed by atoms with Crippen molar-refractivity contribution in [2.24, 2.45) is 11.1 Å². The summed E-state index contributed by atoms with van der Waals surface area (Å²) in [6, 6.07) is -1.07. The van der Waals surface area contributed by atoms with Crippen LogP contribution in [0.4, 0.5) is 0 Å². The highest BCUT2D eigenvalue weighted by molar-refractivity contribution is 5.88. The van der Waals surface area contributed by atoms with Crippen LogP contribution in [0.5, 0.6) is 0 Å². The zero-order chi connectivity index (χ0) is 15.2. The highest BCUT2D eigenvalue weighted by Gasteiger charge is 2.39. The summed E-state index contributed by atoms with van der Waals surface area (Å²) >= 11 is 0. The van der Waals surface area contributed by atoms with Crippen LogP contribution in [0.15, 0.2) is 0 Å². The van der Waals surface area contributed by atoms with E-state index in [0.29, 0.717) is 13.0 Å². The van der Waals surface area contributed by atoms with Crippen molar-refractivity contribution in [3.8, 4) is 0 Å². The zero-order valence-electron chi connectivity index (χ0n) is 11.8. The molecule has 2 amide bonds. The second kappa shape index (κ2) is 7.23. The molecule has 1 heterocycles. The number of carbonyl (C=O) groups excluding carboxylic acids is 2. The Balaban J connectivity index is 2.68. The number of aliphatic carboxylic acids is 1. The van der Waals surface area contributed by atoms with Gasteiger partial charge in [-0.2, -0.15) is 0 Å². The first-order valence-corrected chi connectivity index (χ1v) is 6.94. The van der Waals surface area contributed by atoms with E-state index >= 15 is 0 Å². The first-order valence-electron chi connectivity index (χ1n) is 6.94. The third-order valence-corrected chi connectivity index (χ3v) is 3.91. The number of carboxylic acid groups (broad SMARTS) is 1. The molecular weight excluding hydrogens is 262 g/mol. The third kappa shape index (κ3) is 4.19. The molecule has 1 saturated heterocycles. The average Bonchev–Trinajstić information content (AvgIpc) is 2.43. The lowest BCUT2D eigenvalue weighted by molar-refractivity contribution is -0.144. The molecular formula is C13H23N3O4. The van der Waals surface area contributed by atoms with Crippen LogP contribution in [0.3, 0.4) is 0 Å². The van der Waals surface area contributed by atoms with E-state index in [-0.39, 0.29) is 18.7 Å². The lowest BCUT2D eigenvalue weighted by atomic mass is 9.77. The molecule has 1 rings (SSSR count). The Hall–Kier alpha value is -1.63. The minimum absolute atomic E-state index is 0.0175. The van der Waals surface area contributed by atoms with Crippen molar-refractivity contribution in [3.63, 3.8) is 0 Å². The molecule has 1 fully saturated rings. The number of amides is 2. The topological polar surface area (TPSA) is 122 Å². The van der Waals surface area contributed by atoms with Crippen molar-refractivity contribution in [2.45, 2.75) is 45.1 Å². The maximum atomic E-state index is 12.4. The SMILES string of the molecule is CCC1(C(=O)N[C@H](CCC(N)=O)C(=O)O)CCCNC1. The number of carboxylic acids is 1. The standard InChI is InChI=1S/C13H23N3O4/c1-2-13(6-3-7-15-8-13)12(20)16-9(11(18)19)4-5-10(14)17/h9,15H,2-8H2,1H3,(H2,14,17)(H,16,20)(H,18,19)/t9-,13?/m1/s1. The molecule has 0 aliphatic carbocycles. The molecule has 20 heavy (non-hydrogen) atoms. The van der Waals surface area contributed by atoms with Crippen molar-refractivity contribution in [1.82, 2.24) is 10.6 Å². The van der Waals surface area contributed by atoms with E-state index < -0.39 is 23.3 Å². The number of nitrogens with two attached hydrogens (primary N) is 1. The maximum Gasteiger partial charge on any atom is 0.326 e. The minimum Gasteiger partial charge on any atom is -0.480 e. The Morgan fingerprint density at radius 1 is 1.45 bits per heavy atom.